The van der Waals surface area contributed by atoms with Crippen LogP contribution in [-0.4, -0.2) is 23.8 Å². The highest BCUT2D eigenvalue weighted by Gasteiger charge is 2.21. The second-order valence-electron chi connectivity index (χ2n) is 5.10. The molecule has 0 radical (unpaired) electrons. The van der Waals surface area contributed by atoms with E-state index in [9.17, 15) is 9.59 Å². The molecule has 118 valence electrons. The molecule has 0 unspecified atom stereocenters. The molecule has 0 bridgehead atoms. The summed E-state index contributed by atoms with van der Waals surface area (Å²) in [6.07, 6.45) is -0.0430. The average Bonchev–Trinajstić information content (AvgIpc) is 3.02. The number of ether oxygens (including phenoxy) is 2. The van der Waals surface area contributed by atoms with Gasteiger partial charge in [-0.05, 0) is 17.7 Å². The lowest BCUT2D eigenvalue weighted by atomic mass is 10.1. The van der Waals surface area contributed by atoms with E-state index in [0.29, 0.717) is 24.5 Å². The number of fused-ring (bicyclic) bond motifs is 1. The van der Waals surface area contributed by atoms with E-state index in [1.54, 1.807) is 6.07 Å². The quantitative estimate of drug-likeness (QED) is 0.906. The van der Waals surface area contributed by atoms with Gasteiger partial charge in [0.15, 0.2) is 0 Å². The number of anilines is 1. The molecule has 1 amide bonds. The van der Waals surface area contributed by atoms with Gasteiger partial charge in [0.1, 0.15) is 12.4 Å². The van der Waals surface area contributed by atoms with Gasteiger partial charge in [0, 0.05) is 12.0 Å². The number of carbonyl (C=O) groups is 2. The molecule has 2 aromatic carbocycles. The highest BCUT2D eigenvalue weighted by molar-refractivity contribution is 5.94. The zero-order valence-electron chi connectivity index (χ0n) is 12.2. The van der Waals surface area contributed by atoms with Gasteiger partial charge in [0.25, 0.3) is 0 Å². The van der Waals surface area contributed by atoms with Gasteiger partial charge in [-0.3, -0.25) is 5.32 Å². The molecule has 0 spiro atoms. The maximum absolute atomic E-state index is 11.9. The largest absolute Gasteiger partial charge is 0.491 e. The van der Waals surface area contributed by atoms with Crippen LogP contribution in [0.5, 0.6) is 5.75 Å². The van der Waals surface area contributed by atoms with Gasteiger partial charge < -0.3 is 14.6 Å². The standard InChI is InChI=1S/C17H15NO5/c19-16(20)13-8-12-6-7-22-15(12)14(9-13)18-17(21)23-10-11-4-2-1-3-5-11/h1-5,8-9H,6-7,10H2,(H,18,21)(H,19,20). The van der Waals surface area contributed by atoms with Crippen LogP contribution in [-0.2, 0) is 17.8 Å². The van der Waals surface area contributed by atoms with Crippen LogP contribution >= 0.6 is 0 Å². The molecule has 1 aliphatic rings. The Kier molecular flexibility index (Phi) is 4.14. The molecule has 2 N–H and O–H groups in total. The summed E-state index contributed by atoms with van der Waals surface area (Å²) >= 11 is 0. The van der Waals surface area contributed by atoms with Crippen LogP contribution in [0.2, 0.25) is 0 Å². The Morgan fingerprint density at radius 1 is 1.22 bits per heavy atom. The molecule has 0 aromatic heterocycles. The van der Waals surface area contributed by atoms with Crippen LogP contribution in [0.25, 0.3) is 0 Å². The van der Waals surface area contributed by atoms with E-state index in [-0.39, 0.29) is 12.2 Å². The molecule has 23 heavy (non-hydrogen) atoms. The van der Waals surface area contributed by atoms with Crippen LogP contribution in [0.15, 0.2) is 42.5 Å². The monoisotopic (exact) mass is 313 g/mol. The van der Waals surface area contributed by atoms with Gasteiger partial charge in [-0.1, -0.05) is 30.3 Å². The van der Waals surface area contributed by atoms with Crippen LogP contribution < -0.4 is 10.1 Å². The Labute approximate surface area is 132 Å². The number of amides is 1. The minimum Gasteiger partial charge on any atom is -0.491 e. The van der Waals surface area contributed by atoms with Crippen molar-refractivity contribution in [2.24, 2.45) is 0 Å². The van der Waals surface area contributed by atoms with E-state index in [2.05, 4.69) is 5.32 Å². The second kappa shape index (κ2) is 6.39. The number of rotatable bonds is 4. The first kappa shape index (κ1) is 14.9. The van der Waals surface area contributed by atoms with Crippen molar-refractivity contribution in [2.75, 3.05) is 11.9 Å². The molecule has 6 nitrogen and oxygen atoms in total. The van der Waals surface area contributed by atoms with Crippen molar-refractivity contribution < 1.29 is 24.2 Å². The van der Waals surface area contributed by atoms with E-state index in [1.165, 1.54) is 6.07 Å². The molecule has 2 aromatic rings. The zero-order chi connectivity index (χ0) is 16.2. The lowest BCUT2D eigenvalue weighted by molar-refractivity contribution is 0.0696. The summed E-state index contributed by atoms with van der Waals surface area (Å²) in [4.78, 5) is 23.1. The smallest absolute Gasteiger partial charge is 0.412 e. The highest BCUT2D eigenvalue weighted by atomic mass is 16.5. The summed E-state index contributed by atoms with van der Waals surface area (Å²) in [5.41, 5.74) is 2.05. The molecule has 0 aliphatic carbocycles. The third-order valence-electron chi connectivity index (χ3n) is 3.48. The van der Waals surface area contributed by atoms with E-state index in [0.717, 1.165) is 11.1 Å². The number of hydrogen-bond donors (Lipinski definition) is 2. The zero-order valence-corrected chi connectivity index (χ0v) is 12.2. The lowest BCUT2D eigenvalue weighted by Crippen LogP contribution is -2.14. The minimum absolute atomic E-state index is 0.104. The van der Waals surface area contributed by atoms with E-state index in [1.807, 2.05) is 30.3 Å². The molecule has 1 heterocycles. The van der Waals surface area contributed by atoms with Crippen molar-refractivity contribution in [3.63, 3.8) is 0 Å². The number of carboxylic acids is 1. The summed E-state index contributed by atoms with van der Waals surface area (Å²) < 4.78 is 10.6. The Morgan fingerprint density at radius 2 is 2.00 bits per heavy atom. The van der Waals surface area contributed by atoms with Crippen LogP contribution in [0.1, 0.15) is 21.5 Å². The molecular weight excluding hydrogens is 298 g/mol. The molecular formula is C17H15NO5. The SMILES string of the molecule is O=C(Nc1cc(C(=O)O)cc2c1OCC2)OCc1ccccc1. The van der Waals surface area contributed by atoms with Crippen molar-refractivity contribution in [1.29, 1.82) is 0 Å². The number of benzene rings is 2. The number of carbonyl (C=O) groups excluding carboxylic acids is 1. The van der Waals surface area contributed by atoms with Crippen molar-refractivity contribution in [2.45, 2.75) is 13.0 Å². The molecule has 0 atom stereocenters. The van der Waals surface area contributed by atoms with Gasteiger partial charge >= 0.3 is 12.1 Å². The number of nitrogens with one attached hydrogen (secondary N) is 1. The van der Waals surface area contributed by atoms with Crippen molar-refractivity contribution in [3.8, 4) is 5.75 Å². The fraction of sp³-hybridized carbons (Fsp3) is 0.176. The van der Waals surface area contributed by atoms with Gasteiger partial charge in [0.2, 0.25) is 0 Å². The summed E-state index contributed by atoms with van der Waals surface area (Å²) in [7, 11) is 0. The Hall–Kier alpha value is -3.02. The summed E-state index contributed by atoms with van der Waals surface area (Å²) in [6, 6.07) is 12.2. The highest BCUT2D eigenvalue weighted by Crippen LogP contribution is 2.35. The van der Waals surface area contributed by atoms with E-state index in [4.69, 9.17) is 14.6 Å². The molecule has 1 aliphatic heterocycles. The number of hydrogen-bond acceptors (Lipinski definition) is 4. The Balaban J connectivity index is 1.72. The average molecular weight is 313 g/mol. The first-order chi connectivity index (χ1) is 11.1. The maximum Gasteiger partial charge on any atom is 0.412 e. The molecule has 0 saturated heterocycles. The van der Waals surface area contributed by atoms with Gasteiger partial charge in [0.05, 0.1) is 17.9 Å². The predicted octanol–water partition coefficient (Wildman–Crippen LogP) is 3.07. The molecule has 0 saturated carbocycles. The van der Waals surface area contributed by atoms with Crippen LogP contribution in [0, 0.1) is 0 Å². The summed E-state index contributed by atoms with van der Waals surface area (Å²) in [5.74, 6) is -0.549. The van der Waals surface area contributed by atoms with Gasteiger partial charge in [-0.25, -0.2) is 9.59 Å². The van der Waals surface area contributed by atoms with Crippen LogP contribution in [0.4, 0.5) is 10.5 Å². The van der Waals surface area contributed by atoms with Crippen molar-refractivity contribution in [3.05, 3.63) is 59.2 Å². The lowest BCUT2D eigenvalue weighted by Gasteiger charge is -2.11. The first-order valence-corrected chi connectivity index (χ1v) is 7.14. The topological polar surface area (TPSA) is 84.9 Å². The maximum atomic E-state index is 11.9. The summed E-state index contributed by atoms with van der Waals surface area (Å²) in [6.45, 7) is 0.598. The van der Waals surface area contributed by atoms with E-state index >= 15 is 0 Å². The number of carboxylic acid groups (broad SMARTS) is 1. The molecule has 6 heteroatoms. The van der Waals surface area contributed by atoms with Crippen LogP contribution in [0.3, 0.4) is 0 Å². The third-order valence-corrected chi connectivity index (χ3v) is 3.48. The normalized spacial score (nSPS) is 12.2. The van der Waals surface area contributed by atoms with Gasteiger partial charge in [-0.15, -0.1) is 0 Å². The third kappa shape index (κ3) is 3.42. The number of aromatic carboxylic acids is 1. The Morgan fingerprint density at radius 3 is 2.74 bits per heavy atom. The molecule has 0 fully saturated rings. The fourth-order valence-corrected chi connectivity index (χ4v) is 2.39. The second-order valence-corrected chi connectivity index (χ2v) is 5.10. The minimum atomic E-state index is -1.06. The van der Waals surface area contributed by atoms with Crippen molar-refractivity contribution in [1.82, 2.24) is 0 Å². The fourth-order valence-electron chi connectivity index (χ4n) is 2.39. The first-order valence-electron chi connectivity index (χ1n) is 7.14. The Bertz CT molecular complexity index is 742. The van der Waals surface area contributed by atoms with E-state index < -0.39 is 12.1 Å². The summed E-state index contributed by atoms with van der Waals surface area (Å²) in [5, 5.41) is 11.7. The van der Waals surface area contributed by atoms with Gasteiger partial charge in [-0.2, -0.15) is 0 Å². The van der Waals surface area contributed by atoms with Crippen molar-refractivity contribution >= 4 is 17.7 Å². The predicted molar refractivity (Wildman–Crippen MR) is 82.9 cm³/mol. The molecule has 3 rings (SSSR count).